The van der Waals surface area contributed by atoms with E-state index in [-0.39, 0.29) is 6.61 Å². The molecule has 1 aliphatic rings. The zero-order valence-corrected chi connectivity index (χ0v) is 16.2. The SMILES string of the molecule is CCOCc1cc(CN2CCN(C(C)C)C(CCO)C2)ccc1OC. The minimum absolute atomic E-state index is 0.253. The Balaban J connectivity index is 2.03. The van der Waals surface area contributed by atoms with E-state index in [1.807, 2.05) is 13.0 Å². The quantitative estimate of drug-likeness (QED) is 0.741. The van der Waals surface area contributed by atoms with Crippen molar-refractivity contribution in [3.63, 3.8) is 0 Å². The average Bonchev–Trinajstić information content (AvgIpc) is 2.60. The van der Waals surface area contributed by atoms with Crippen molar-refractivity contribution in [3.05, 3.63) is 29.3 Å². The molecule has 5 nitrogen and oxygen atoms in total. The van der Waals surface area contributed by atoms with Crippen LogP contribution in [0.15, 0.2) is 18.2 Å². The second-order valence-electron chi connectivity index (χ2n) is 7.02. The van der Waals surface area contributed by atoms with Crippen LogP contribution < -0.4 is 4.74 Å². The highest BCUT2D eigenvalue weighted by Gasteiger charge is 2.28. The third-order valence-corrected chi connectivity index (χ3v) is 4.95. The van der Waals surface area contributed by atoms with E-state index < -0.39 is 0 Å². The summed E-state index contributed by atoms with van der Waals surface area (Å²) in [5.74, 6) is 0.889. The van der Waals surface area contributed by atoms with Gasteiger partial charge in [0, 0.05) is 57.0 Å². The van der Waals surface area contributed by atoms with Gasteiger partial charge in [-0.05, 0) is 44.9 Å². The Labute approximate surface area is 152 Å². The standard InChI is InChI=1S/C20H34N2O3/c1-5-25-15-18-12-17(6-7-20(18)24-4)13-21-9-10-22(16(2)3)19(14-21)8-11-23/h6-7,12,16,19,23H,5,8-11,13-15H2,1-4H3. The Bertz CT molecular complexity index is 522. The molecule has 1 aliphatic heterocycles. The summed E-state index contributed by atoms with van der Waals surface area (Å²) in [6.45, 7) is 12.1. The number of hydrogen-bond donors (Lipinski definition) is 1. The van der Waals surface area contributed by atoms with Crippen LogP contribution in [-0.2, 0) is 17.9 Å². The van der Waals surface area contributed by atoms with Gasteiger partial charge in [-0.1, -0.05) is 6.07 Å². The Hall–Kier alpha value is -1.14. The Morgan fingerprint density at radius 1 is 1.28 bits per heavy atom. The van der Waals surface area contributed by atoms with Gasteiger partial charge in [-0.25, -0.2) is 0 Å². The Morgan fingerprint density at radius 3 is 2.72 bits per heavy atom. The number of piperazine rings is 1. The number of benzene rings is 1. The second-order valence-corrected chi connectivity index (χ2v) is 7.02. The smallest absolute Gasteiger partial charge is 0.124 e. The number of hydrogen-bond acceptors (Lipinski definition) is 5. The molecule has 1 aromatic rings. The molecule has 1 saturated heterocycles. The lowest BCUT2D eigenvalue weighted by Gasteiger charge is -2.43. The molecule has 0 radical (unpaired) electrons. The number of ether oxygens (including phenoxy) is 2. The summed E-state index contributed by atoms with van der Waals surface area (Å²) in [7, 11) is 1.70. The molecule has 0 saturated carbocycles. The number of aliphatic hydroxyl groups excluding tert-OH is 1. The van der Waals surface area contributed by atoms with Crippen LogP contribution in [0.1, 0.15) is 38.3 Å². The summed E-state index contributed by atoms with van der Waals surface area (Å²) in [5.41, 5.74) is 2.39. The Kier molecular flexibility index (Phi) is 8.16. The number of rotatable bonds is 9. The molecule has 142 valence electrons. The zero-order chi connectivity index (χ0) is 18.2. The fourth-order valence-electron chi connectivity index (χ4n) is 3.68. The molecule has 1 heterocycles. The Morgan fingerprint density at radius 2 is 2.08 bits per heavy atom. The van der Waals surface area contributed by atoms with Gasteiger partial charge in [0.1, 0.15) is 5.75 Å². The van der Waals surface area contributed by atoms with E-state index in [9.17, 15) is 5.11 Å². The predicted octanol–water partition coefficient (Wildman–Crippen LogP) is 2.51. The van der Waals surface area contributed by atoms with E-state index in [1.54, 1.807) is 7.11 Å². The molecule has 0 aliphatic carbocycles. The maximum absolute atomic E-state index is 9.40. The van der Waals surface area contributed by atoms with Gasteiger partial charge < -0.3 is 14.6 Å². The minimum Gasteiger partial charge on any atom is -0.496 e. The van der Waals surface area contributed by atoms with E-state index in [0.717, 1.165) is 43.9 Å². The average molecular weight is 351 g/mol. The molecule has 1 unspecified atom stereocenters. The minimum atomic E-state index is 0.253. The fraction of sp³-hybridized carbons (Fsp3) is 0.700. The molecule has 0 bridgehead atoms. The van der Waals surface area contributed by atoms with Crippen molar-refractivity contribution < 1.29 is 14.6 Å². The molecule has 25 heavy (non-hydrogen) atoms. The van der Waals surface area contributed by atoms with E-state index in [0.29, 0.717) is 25.3 Å². The van der Waals surface area contributed by atoms with Gasteiger partial charge in [0.15, 0.2) is 0 Å². The molecule has 0 spiro atoms. The van der Waals surface area contributed by atoms with Crippen molar-refractivity contribution in [2.45, 2.75) is 52.4 Å². The van der Waals surface area contributed by atoms with Crippen molar-refractivity contribution in [2.75, 3.05) is 40.0 Å². The highest BCUT2D eigenvalue weighted by atomic mass is 16.5. The third kappa shape index (κ3) is 5.68. The topological polar surface area (TPSA) is 45.2 Å². The summed E-state index contributed by atoms with van der Waals surface area (Å²) in [6.07, 6.45) is 0.840. The second kappa shape index (κ2) is 10.1. The molecule has 1 fully saturated rings. The first-order valence-corrected chi connectivity index (χ1v) is 9.41. The molecular formula is C20H34N2O3. The van der Waals surface area contributed by atoms with Gasteiger partial charge >= 0.3 is 0 Å². The zero-order valence-electron chi connectivity index (χ0n) is 16.2. The molecule has 0 amide bonds. The number of aliphatic hydroxyl groups is 1. The molecule has 1 aromatic carbocycles. The van der Waals surface area contributed by atoms with Gasteiger partial charge in [0.25, 0.3) is 0 Å². The molecule has 1 atom stereocenters. The van der Waals surface area contributed by atoms with E-state index in [1.165, 1.54) is 5.56 Å². The van der Waals surface area contributed by atoms with Gasteiger partial charge in [-0.3, -0.25) is 9.80 Å². The first-order chi connectivity index (χ1) is 12.1. The van der Waals surface area contributed by atoms with Crippen molar-refractivity contribution in [2.24, 2.45) is 0 Å². The lowest BCUT2D eigenvalue weighted by Crippen LogP contribution is -2.55. The van der Waals surface area contributed by atoms with E-state index in [4.69, 9.17) is 9.47 Å². The largest absolute Gasteiger partial charge is 0.496 e. The van der Waals surface area contributed by atoms with Crippen LogP contribution in [0.5, 0.6) is 5.75 Å². The van der Waals surface area contributed by atoms with Crippen molar-refractivity contribution in [1.82, 2.24) is 9.80 Å². The maximum Gasteiger partial charge on any atom is 0.124 e. The molecule has 5 heteroatoms. The molecule has 2 rings (SSSR count). The number of methoxy groups -OCH3 is 1. The molecule has 1 N–H and O–H groups in total. The van der Waals surface area contributed by atoms with Crippen molar-refractivity contribution in [3.8, 4) is 5.75 Å². The summed E-state index contributed by atoms with van der Waals surface area (Å²) < 4.78 is 11.0. The molecular weight excluding hydrogens is 316 g/mol. The van der Waals surface area contributed by atoms with Gasteiger partial charge in [-0.2, -0.15) is 0 Å². The van der Waals surface area contributed by atoms with Gasteiger partial charge in [0.05, 0.1) is 13.7 Å². The highest BCUT2D eigenvalue weighted by Crippen LogP contribution is 2.23. The van der Waals surface area contributed by atoms with Gasteiger partial charge in [0.2, 0.25) is 0 Å². The van der Waals surface area contributed by atoms with Crippen LogP contribution in [0.2, 0.25) is 0 Å². The lowest BCUT2D eigenvalue weighted by atomic mass is 10.0. The van der Waals surface area contributed by atoms with Crippen LogP contribution >= 0.6 is 0 Å². The number of nitrogens with zero attached hydrogens (tertiary/aromatic N) is 2. The van der Waals surface area contributed by atoms with Crippen LogP contribution in [0, 0.1) is 0 Å². The van der Waals surface area contributed by atoms with Crippen LogP contribution in [-0.4, -0.2) is 66.9 Å². The van der Waals surface area contributed by atoms with Crippen LogP contribution in [0.3, 0.4) is 0 Å². The summed E-state index contributed by atoms with van der Waals surface area (Å²) in [4.78, 5) is 5.01. The first kappa shape index (κ1) is 20.2. The van der Waals surface area contributed by atoms with Crippen molar-refractivity contribution in [1.29, 1.82) is 0 Å². The van der Waals surface area contributed by atoms with E-state index >= 15 is 0 Å². The van der Waals surface area contributed by atoms with Crippen LogP contribution in [0.4, 0.5) is 0 Å². The highest BCUT2D eigenvalue weighted by molar-refractivity contribution is 5.37. The summed E-state index contributed by atoms with van der Waals surface area (Å²) in [6, 6.07) is 7.34. The monoisotopic (exact) mass is 350 g/mol. The fourth-order valence-corrected chi connectivity index (χ4v) is 3.68. The maximum atomic E-state index is 9.40. The first-order valence-electron chi connectivity index (χ1n) is 9.41. The van der Waals surface area contributed by atoms with E-state index in [2.05, 4.69) is 35.8 Å². The normalized spacial score (nSPS) is 19.5. The van der Waals surface area contributed by atoms with Gasteiger partial charge in [-0.15, -0.1) is 0 Å². The third-order valence-electron chi connectivity index (χ3n) is 4.95. The lowest BCUT2D eigenvalue weighted by molar-refractivity contribution is 0.0349. The summed E-state index contributed by atoms with van der Waals surface area (Å²) >= 11 is 0. The van der Waals surface area contributed by atoms with Crippen LogP contribution in [0.25, 0.3) is 0 Å². The molecule has 0 aromatic heterocycles. The summed E-state index contributed by atoms with van der Waals surface area (Å²) in [5, 5.41) is 9.40. The predicted molar refractivity (Wildman–Crippen MR) is 101 cm³/mol. The van der Waals surface area contributed by atoms with Crippen molar-refractivity contribution >= 4 is 0 Å².